The van der Waals surface area contributed by atoms with Crippen LogP contribution in [0.3, 0.4) is 0 Å². The number of hydrogen-bond donors (Lipinski definition) is 3. The van der Waals surface area contributed by atoms with Crippen LogP contribution in [-0.2, 0) is 16.6 Å². The Hall–Kier alpha value is -1.70. The summed E-state index contributed by atoms with van der Waals surface area (Å²) in [6.45, 7) is 3.84. The summed E-state index contributed by atoms with van der Waals surface area (Å²) in [4.78, 5) is 15.5. The monoisotopic (exact) mass is 354 g/mol. The fourth-order valence-electron chi connectivity index (χ4n) is 2.63. The molecule has 7 heteroatoms. The molecule has 0 saturated heterocycles. The lowest BCUT2D eigenvalue weighted by atomic mass is 10.1. The van der Waals surface area contributed by atoms with E-state index in [0.29, 0.717) is 24.2 Å². The minimum absolute atomic E-state index is 0.205. The Morgan fingerprint density at radius 2 is 2.00 bits per heavy atom. The summed E-state index contributed by atoms with van der Waals surface area (Å²) >= 11 is 0. The lowest BCUT2D eigenvalue weighted by molar-refractivity contribution is -0.140. The highest BCUT2D eigenvalue weighted by Gasteiger charge is 2.19. The fraction of sp³-hybridized carbons (Fsp3) is 0.667. The maximum absolute atomic E-state index is 11.0. The van der Waals surface area contributed by atoms with Crippen molar-refractivity contribution in [2.75, 3.05) is 7.11 Å². The molecule has 0 aromatic carbocycles. The third-order valence-electron chi connectivity index (χ3n) is 4.22. The normalized spacial score (nSPS) is 15.3. The highest BCUT2D eigenvalue weighted by molar-refractivity contribution is 5.69. The van der Waals surface area contributed by atoms with Crippen LogP contribution < -0.4 is 0 Å². The summed E-state index contributed by atoms with van der Waals surface area (Å²) in [5.41, 5.74) is 1.28. The minimum atomic E-state index is -1.07. The lowest BCUT2D eigenvalue weighted by Crippen LogP contribution is -2.23. The first-order valence-corrected chi connectivity index (χ1v) is 8.64. The maximum Gasteiger partial charge on any atom is 0.305 e. The number of rotatable bonds is 10. The first-order chi connectivity index (χ1) is 11.8. The summed E-state index contributed by atoms with van der Waals surface area (Å²) in [5.74, 6) is 0.425. The Bertz CT molecular complexity index is 582. The van der Waals surface area contributed by atoms with Gasteiger partial charge in [0.2, 0.25) is 0 Å². The van der Waals surface area contributed by atoms with E-state index < -0.39 is 18.3 Å². The summed E-state index contributed by atoms with van der Waals surface area (Å²) in [7, 11) is 3.15. The Morgan fingerprint density at radius 1 is 1.32 bits per heavy atom. The average Bonchev–Trinajstić information content (AvgIpc) is 2.86. The van der Waals surface area contributed by atoms with E-state index in [1.54, 1.807) is 6.08 Å². The molecule has 3 atom stereocenters. The third kappa shape index (κ3) is 6.26. The van der Waals surface area contributed by atoms with Gasteiger partial charge in [0.25, 0.3) is 0 Å². The Labute approximate surface area is 149 Å². The van der Waals surface area contributed by atoms with Crippen LogP contribution in [0.5, 0.6) is 0 Å². The molecular formula is C18H30N2O5. The molecule has 142 valence electrons. The summed E-state index contributed by atoms with van der Waals surface area (Å²) in [5, 5.41) is 30.3. The zero-order valence-electron chi connectivity index (χ0n) is 15.5. The molecule has 0 bridgehead atoms. The molecule has 7 nitrogen and oxygen atoms in total. The molecule has 2 unspecified atom stereocenters. The quantitative estimate of drug-likeness (QED) is 0.552. The number of carbonyl (C=O) groups is 1. The number of hydrogen-bond acceptors (Lipinski definition) is 6. The van der Waals surface area contributed by atoms with Gasteiger partial charge in [0.05, 0.1) is 36.8 Å². The molecule has 25 heavy (non-hydrogen) atoms. The first kappa shape index (κ1) is 21.3. The number of methoxy groups -OCH3 is 1. The van der Waals surface area contributed by atoms with Crippen molar-refractivity contribution < 1.29 is 24.9 Å². The van der Waals surface area contributed by atoms with E-state index in [9.17, 15) is 20.1 Å². The van der Waals surface area contributed by atoms with Gasteiger partial charge < -0.3 is 24.6 Å². The smallest absolute Gasteiger partial charge is 0.305 e. The number of aryl methyl sites for hydroxylation is 1. The van der Waals surface area contributed by atoms with Gasteiger partial charge in [-0.05, 0) is 32.3 Å². The van der Waals surface area contributed by atoms with Crippen molar-refractivity contribution in [3.05, 3.63) is 23.3 Å². The van der Waals surface area contributed by atoms with Crippen LogP contribution in [0.4, 0.5) is 0 Å². The van der Waals surface area contributed by atoms with E-state index in [-0.39, 0.29) is 18.8 Å². The van der Waals surface area contributed by atoms with Crippen molar-refractivity contribution in [1.29, 1.82) is 0 Å². The molecule has 3 N–H and O–H groups in total. The van der Waals surface area contributed by atoms with Crippen LogP contribution in [0.15, 0.2) is 6.08 Å². The second-order valence-electron chi connectivity index (χ2n) is 6.18. The van der Waals surface area contributed by atoms with Gasteiger partial charge in [-0.1, -0.05) is 19.4 Å². The van der Waals surface area contributed by atoms with Crippen LogP contribution >= 0.6 is 0 Å². The lowest BCUT2D eigenvalue weighted by Gasteiger charge is -2.14. The van der Waals surface area contributed by atoms with E-state index >= 15 is 0 Å². The second kappa shape index (κ2) is 10.3. The molecule has 1 aromatic rings. The summed E-state index contributed by atoms with van der Waals surface area (Å²) in [6.07, 6.45) is 2.80. The van der Waals surface area contributed by atoms with Crippen LogP contribution in [0.1, 0.15) is 62.3 Å². The van der Waals surface area contributed by atoms with Crippen molar-refractivity contribution in [1.82, 2.24) is 9.55 Å². The zero-order valence-corrected chi connectivity index (χ0v) is 15.5. The van der Waals surface area contributed by atoms with E-state index in [4.69, 9.17) is 0 Å². The fourth-order valence-corrected chi connectivity index (χ4v) is 2.63. The highest BCUT2D eigenvalue weighted by Crippen LogP contribution is 2.24. The van der Waals surface area contributed by atoms with E-state index in [1.807, 2.05) is 25.5 Å². The van der Waals surface area contributed by atoms with Gasteiger partial charge in [-0.3, -0.25) is 4.79 Å². The minimum Gasteiger partial charge on any atom is -0.469 e. The topological polar surface area (TPSA) is 105 Å². The largest absolute Gasteiger partial charge is 0.469 e. The number of imidazole rings is 1. The van der Waals surface area contributed by atoms with Crippen LogP contribution in [0, 0.1) is 6.92 Å². The number of esters is 1. The van der Waals surface area contributed by atoms with Crippen LogP contribution in [-0.4, -0.2) is 50.2 Å². The van der Waals surface area contributed by atoms with Gasteiger partial charge >= 0.3 is 5.97 Å². The molecule has 0 aliphatic carbocycles. The molecule has 0 saturated carbocycles. The molecule has 0 spiro atoms. The van der Waals surface area contributed by atoms with E-state index in [0.717, 1.165) is 12.2 Å². The van der Waals surface area contributed by atoms with Gasteiger partial charge in [0.15, 0.2) is 0 Å². The Balaban J connectivity index is 2.73. The predicted octanol–water partition coefficient (Wildman–Crippen LogP) is 1.64. The van der Waals surface area contributed by atoms with Crippen LogP contribution in [0.2, 0.25) is 0 Å². The molecule has 1 aromatic heterocycles. The van der Waals surface area contributed by atoms with Gasteiger partial charge in [-0.2, -0.15) is 0 Å². The van der Waals surface area contributed by atoms with Gasteiger partial charge in [-0.25, -0.2) is 4.98 Å². The maximum atomic E-state index is 11.0. The molecular weight excluding hydrogens is 324 g/mol. The van der Waals surface area contributed by atoms with Gasteiger partial charge in [0, 0.05) is 13.5 Å². The van der Waals surface area contributed by atoms with E-state index in [1.165, 1.54) is 13.2 Å². The molecule has 0 aliphatic rings. The average molecular weight is 354 g/mol. The number of aliphatic hydroxyl groups is 3. The third-order valence-corrected chi connectivity index (χ3v) is 4.22. The molecule has 0 amide bonds. The van der Waals surface area contributed by atoms with Crippen molar-refractivity contribution in [2.45, 2.75) is 64.3 Å². The summed E-state index contributed by atoms with van der Waals surface area (Å²) < 4.78 is 6.37. The molecule has 0 fully saturated rings. The molecule has 1 rings (SSSR count). The Morgan fingerprint density at radius 3 is 2.60 bits per heavy atom. The van der Waals surface area contributed by atoms with Crippen molar-refractivity contribution >= 4 is 12.0 Å². The zero-order chi connectivity index (χ0) is 19.0. The first-order valence-electron chi connectivity index (χ1n) is 8.64. The standard InChI is InChI=1S/C18H30N2O5/c1-5-7-16(23)18-13(19-12(2)20(18)3)10-11-15(22)14(21)8-6-9-17(24)25-4/h10-11,14-16,21-23H,5-9H2,1-4H3/b11-10+/t14?,15?,16-/m0/s1. The van der Waals surface area contributed by atoms with Crippen molar-refractivity contribution in [3.63, 3.8) is 0 Å². The number of carbonyl (C=O) groups excluding carboxylic acids is 1. The SMILES string of the molecule is CCC[C@H](O)c1c(/C=C/C(O)C(O)CCCC(=O)OC)nc(C)n1C. The number of nitrogens with zero attached hydrogens (tertiary/aromatic N) is 2. The summed E-state index contributed by atoms with van der Waals surface area (Å²) in [6, 6.07) is 0. The number of aromatic nitrogens is 2. The molecule has 0 radical (unpaired) electrons. The van der Waals surface area contributed by atoms with Crippen LogP contribution in [0.25, 0.3) is 6.08 Å². The number of ether oxygens (including phenoxy) is 1. The molecule has 0 aliphatic heterocycles. The van der Waals surface area contributed by atoms with Crippen molar-refractivity contribution in [3.8, 4) is 0 Å². The predicted molar refractivity (Wildman–Crippen MR) is 94.7 cm³/mol. The molecule has 1 heterocycles. The highest BCUT2D eigenvalue weighted by atomic mass is 16.5. The second-order valence-corrected chi connectivity index (χ2v) is 6.18. The number of aliphatic hydroxyl groups excluding tert-OH is 3. The van der Waals surface area contributed by atoms with E-state index in [2.05, 4.69) is 9.72 Å². The van der Waals surface area contributed by atoms with Crippen molar-refractivity contribution in [2.24, 2.45) is 7.05 Å². The van der Waals surface area contributed by atoms with Gasteiger partial charge in [-0.15, -0.1) is 0 Å². The van der Waals surface area contributed by atoms with Gasteiger partial charge in [0.1, 0.15) is 5.82 Å². The Kier molecular flexibility index (Phi) is 8.82.